The van der Waals surface area contributed by atoms with Gasteiger partial charge in [-0.15, -0.1) is 0 Å². The zero-order valence-electron chi connectivity index (χ0n) is 15.2. The van der Waals surface area contributed by atoms with E-state index in [1.807, 2.05) is 25.1 Å². The minimum Gasteiger partial charge on any atom is -0.352 e. The summed E-state index contributed by atoms with van der Waals surface area (Å²) in [7, 11) is 0. The SMILES string of the molecule is CCCCCNC(=O)c1ccc(-n2c(C)nc3ccccc3c2=O)cc1. The molecule has 0 saturated carbocycles. The number of unbranched alkanes of at least 4 members (excludes halogenated alkanes) is 2. The Kier molecular flexibility index (Phi) is 5.46. The molecule has 1 heterocycles. The number of hydrogen-bond donors (Lipinski definition) is 1. The summed E-state index contributed by atoms with van der Waals surface area (Å²) >= 11 is 0. The van der Waals surface area contributed by atoms with Gasteiger partial charge in [-0.1, -0.05) is 31.9 Å². The van der Waals surface area contributed by atoms with E-state index in [1.54, 1.807) is 34.9 Å². The lowest BCUT2D eigenvalue weighted by atomic mass is 10.1. The lowest BCUT2D eigenvalue weighted by Crippen LogP contribution is -2.25. The summed E-state index contributed by atoms with van der Waals surface area (Å²) < 4.78 is 1.57. The van der Waals surface area contributed by atoms with Crippen LogP contribution in [-0.4, -0.2) is 22.0 Å². The Morgan fingerprint density at radius 2 is 1.81 bits per heavy atom. The first-order valence-electron chi connectivity index (χ1n) is 8.99. The molecule has 1 N–H and O–H groups in total. The number of fused-ring (bicyclic) bond motifs is 1. The van der Waals surface area contributed by atoms with E-state index < -0.39 is 0 Å². The number of carbonyl (C=O) groups is 1. The summed E-state index contributed by atoms with van der Waals surface area (Å²) in [5, 5.41) is 3.50. The van der Waals surface area contributed by atoms with E-state index in [-0.39, 0.29) is 11.5 Å². The van der Waals surface area contributed by atoms with E-state index in [2.05, 4.69) is 17.2 Å². The summed E-state index contributed by atoms with van der Waals surface area (Å²) in [6.45, 7) is 4.62. The fourth-order valence-electron chi connectivity index (χ4n) is 2.99. The molecular formula is C21H23N3O2. The molecule has 0 radical (unpaired) electrons. The van der Waals surface area contributed by atoms with Crippen LogP contribution in [-0.2, 0) is 0 Å². The Balaban J connectivity index is 1.86. The molecule has 1 amide bonds. The molecule has 0 bridgehead atoms. The molecule has 0 unspecified atom stereocenters. The number of aryl methyl sites for hydroxylation is 1. The third-order valence-corrected chi connectivity index (χ3v) is 4.40. The summed E-state index contributed by atoms with van der Waals surface area (Å²) in [6.07, 6.45) is 3.21. The molecule has 0 aliphatic rings. The van der Waals surface area contributed by atoms with Crippen molar-refractivity contribution in [3.05, 3.63) is 70.3 Å². The molecule has 2 aromatic carbocycles. The first-order chi connectivity index (χ1) is 12.6. The van der Waals surface area contributed by atoms with Crippen molar-refractivity contribution in [3.63, 3.8) is 0 Å². The first-order valence-corrected chi connectivity index (χ1v) is 8.99. The zero-order valence-corrected chi connectivity index (χ0v) is 15.2. The normalized spacial score (nSPS) is 10.8. The van der Waals surface area contributed by atoms with Crippen molar-refractivity contribution in [2.45, 2.75) is 33.1 Å². The summed E-state index contributed by atoms with van der Waals surface area (Å²) in [6, 6.07) is 14.4. The molecule has 0 aliphatic heterocycles. The lowest BCUT2D eigenvalue weighted by Gasteiger charge is -2.11. The number of nitrogens with zero attached hydrogens (tertiary/aromatic N) is 2. The van der Waals surface area contributed by atoms with Crippen LogP contribution in [0.2, 0.25) is 0 Å². The smallest absolute Gasteiger partial charge is 0.265 e. The maximum absolute atomic E-state index is 12.8. The minimum absolute atomic E-state index is 0.0895. The minimum atomic E-state index is -0.107. The fourth-order valence-corrected chi connectivity index (χ4v) is 2.99. The Hall–Kier alpha value is -2.95. The van der Waals surface area contributed by atoms with Gasteiger partial charge in [0.05, 0.1) is 16.6 Å². The van der Waals surface area contributed by atoms with E-state index in [9.17, 15) is 9.59 Å². The molecule has 26 heavy (non-hydrogen) atoms. The van der Waals surface area contributed by atoms with Gasteiger partial charge >= 0.3 is 0 Å². The topological polar surface area (TPSA) is 64.0 Å². The highest BCUT2D eigenvalue weighted by atomic mass is 16.1. The Morgan fingerprint density at radius 1 is 1.08 bits per heavy atom. The van der Waals surface area contributed by atoms with Gasteiger partial charge in [0.1, 0.15) is 5.82 Å². The molecule has 1 aromatic heterocycles. The average molecular weight is 349 g/mol. The zero-order chi connectivity index (χ0) is 18.5. The lowest BCUT2D eigenvalue weighted by molar-refractivity contribution is 0.0953. The molecule has 0 atom stereocenters. The van der Waals surface area contributed by atoms with Gasteiger partial charge in [0.15, 0.2) is 0 Å². The van der Waals surface area contributed by atoms with Gasteiger partial charge in [-0.25, -0.2) is 4.98 Å². The summed E-state index contributed by atoms with van der Waals surface area (Å²) in [5.74, 6) is 0.527. The van der Waals surface area contributed by atoms with E-state index >= 15 is 0 Å². The highest BCUT2D eigenvalue weighted by Crippen LogP contribution is 2.13. The molecule has 0 aliphatic carbocycles. The van der Waals surface area contributed by atoms with E-state index in [4.69, 9.17) is 0 Å². The number of carbonyl (C=O) groups excluding carboxylic acids is 1. The highest BCUT2D eigenvalue weighted by Gasteiger charge is 2.11. The number of benzene rings is 2. The van der Waals surface area contributed by atoms with Crippen LogP contribution >= 0.6 is 0 Å². The molecule has 0 fully saturated rings. The van der Waals surface area contributed by atoms with Crippen LogP contribution in [0.4, 0.5) is 0 Å². The number of rotatable bonds is 6. The van der Waals surface area contributed by atoms with Gasteiger partial charge in [-0.2, -0.15) is 0 Å². The van der Waals surface area contributed by atoms with Gasteiger partial charge in [0, 0.05) is 12.1 Å². The van der Waals surface area contributed by atoms with Crippen molar-refractivity contribution in [2.75, 3.05) is 6.54 Å². The second-order valence-corrected chi connectivity index (χ2v) is 6.33. The summed E-state index contributed by atoms with van der Waals surface area (Å²) in [4.78, 5) is 29.5. The van der Waals surface area contributed by atoms with Crippen molar-refractivity contribution in [1.29, 1.82) is 0 Å². The van der Waals surface area contributed by atoms with Crippen molar-refractivity contribution in [3.8, 4) is 5.69 Å². The molecule has 0 saturated heterocycles. The van der Waals surface area contributed by atoms with Crippen LogP contribution in [0, 0.1) is 6.92 Å². The number of aromatic nitrogens is 2. The predicted octanol–water partition coefficient (Wildman–Crippen LogP) is 3.61. The molecule has 0 spiro atoms. The monoisotopic (exact) mass is 349 g/mol. The van der Waals surface area contributed by atoms with E-state index in [0.717, 1.165) is 19.3 Å². The Labute approximate surface area is 152 Å². The number of hydrogen-bond acceptors (Lipinski definition) is 3. The van der Waals surface area contributed by atoms with Gasteiger partial charge in [0.2, 0.25) is 0 Å². The van der Waals surface area contributed by atoms with E-state index in [0.29, 0.717) is 34.5 Å². The van der Waals surface area contributed by atoms with Crippen molar-refractivity contribution >= 4 is 16.8 Å². The first kappa shape index (κ1) is 17.9. The van der Waals surface area contributed by atoms with Crippen LogP contribution in [0.25, 0.3) is 16.6 Å². The third kappa shape index (κ3) is 3.67. The second-order valence-electron chi connectivity index (χ2n) is 6.33. The van der Waals surface area contributed by atoms with Crippen molar-refractivity contribution < 1.29 is 4.79 Å². The van der Waals surface area contributed by atoms with Gasteiger partial charge < -0.3 is 5.32 Å². The van der Waals surface area contributed by atoms with Crippen molar-refractivity contribution in [2.24, 2.45) is 0 Å². The van der Waals surface area contributed by atoms with Crippen LogP contribution in [0.15, 0.2) is 53.3 Å². The summed E-state index contributed by atoms with van der Waals surface area (Å²) in [5.41, 5.74) is 1.87. The number of para-hydroxylation sites is 1. The fraction of sp³-hybridized carbons (Fsp3) is 0.286. The molecule has 3 aromatic rings. The Morgan fingerprint density at radius 3 is 2.54 bits per heavy atom. The standard InChI is InChI=1S/C21H23N3O2/c1-3-4-7-14-22-20(25)16-10-12-17(13-11-16)24-15(2)23-19-9-6-5-8-18(19)21(24)26/h5-6,8-13H,3-4,7,14H2,1-2H3,(H,22,25). The third-order valence-electron chi connectivity index (χ3n) is 4.40. The molecule has 3 rings (SSSR count). The number of amides is 1. The van der Waals surface area contributed by atoms with E-state index in [1.165, 1.54) is 0 Å². The molecular weight excluding hydrogens is 326 g/mol. The van der Waals surface area contributed by atoms with Crippen LogP contribution in [0.1, 0.15) is 42.4 Å². The van der Waals surface area contributed by atoms with Gasteiger partial charge in [-0.05, 0) is 49.7 Å². The van der Waals surface area contributed by atoms with Crippen LogP contribution in [0.3, 0.4) is 0 Å². The molecule has 5 nitrogen and oxygen atoms in total. The Bertz CT molecular complexity index is 975. The highest BCUT2D eigenvalue weighted by molar-refractivity contribution is 5.94. The second kappa shape index (κ2) is 7.95. The van der Waals surface area contributed by atoms with Gasteiger partial charge in [0.25, 0.3) is 11.5 Å². The van der Waals surface area contributed by atoms with Gasteiger partial charge in [-0.3, -0.25) is 14.2 Å². The van der Waals surface area contributed by atoms with Crippen molar-refractivity contribution in [1.82, 2.24) is 14.9 Å². The maximum Gasteiger partial charge on any atom is 0.265 e. The number of nitrogens with one attached hydrogen (secondary N) is 1. The van der Waals surface area contributed by atoms with Crippen LogP contribution in [0.5, 0.6) is 0 Å². The quantitative estimate of drug-likeness (QED) is 0.691. The average Bonchev–Trinajstić information content (AvgIpc) is 2.65. The predicted molar refractivity (Wildman–Crippen MR) is 104 cm³/mol. The largest absolute Gasteiger partial charge is 0.352 e. The molecule has 5 heteroatoms. The maximum atomic E-state index is 12.8. The molecule has 134 valence electrons. The van der Waals surface area contributed by atoms with Crippen LogP contribution < -0.4 is 10.9 Å².